The van der Waals surface area contributed by atoms with E-state index in [9.17, 15) is 9.90 Å². The fourth-order valence-corrected chi connectivity index (χ4v) is 5.85. The third kappa shape index (κ3) is 4.92. The number of fused-ring (bicyclic) bond motifs is 1. The van der Waals surface area contributed by atoms with Gasteiger partial charge in [-0.15, -0.1) is 11.3 Å². The summed E-state index contributed by atoms with van der Waals surface area (Å²) < 4.78 is 5.61. The van der Waals surface area contributed by atoms with Gasteiger partial charge in [0.15, 0.2) is 5.78 Å². The first-order chi connectivity index (χ1) is 14.9. The second-order valence-corrected chi connectivity index (χ2v) is 9.95. The molecule has 0 radical (unpaired) electrons. The molecule has 0 amide bonds. The molecule has 8 heteroatoms. The molecule has 0 spiro atoms. The molecule has 1 aromatic carbocycles. The molecule has 0 bridgehead atoms. The normalized spacial score (nSPS) is 16.5. The highest BCUT2D eigenvalue weighted by Crippen LogP contribution is 2.37. The molecule has 0 unspecified atom stereocenters. The van der Waals surface area contributed by atoms with E-state index in [2.05, 4.69) is 21.9 Å². The number of carbonyl (C=O) groups is 1. The van der Waals surface area contributed by atoms with Crippen LogP contribution in [0.2, 0.25) is 0 Å². The Balaban J connectivity index is 1.50. The molecule has 1 aliphatic heterocycles. The maximum atomic E-state index is 12.9. The van der Waals surface area contributed by atoms with Crippen LogP contribution in [-0.4, -0.2) is 58.3 Å². The van der Waals surface area contributed by atoms with E-state index in [1.807, 2.05) is 44.2 Å². The van der Waals surface area contributed by atoms with E-state index in [4.69, 9.17) is 4.74 Å². The predicted octanol–water partition coefficient (Wildman–Crippen LogP) is 4.29. The minimum Gasteiger partial charge on any atom is -0.494 e. The van der Waals surface area contributed by atoms with Crippen LogP contribution in [0.1, 0.15) is 40.1 Å². The summed E-state index contributed by atoms with van der Waals surface area (Å²) in [5, 5.41) is 12.7. The zero-order valence-corrected chi connectivity index (χ0v) is 19.7. The summed E-state index contributed by atoms with van der Waals surface area (Å²) in [7, 11) is 2.07. The van der Waals surface area contributed by atoms with Crippen LogP contribution in [0, 0.1) is 6.92 Å². The van der Waals surface area contributed by atoms with Gasteiger partial charge in [0, 0.05) is 23.4 Å². The number of carbonyl (C=O) groups excluding carboxylic acids is 1. The Kier molecular flexibility index (Phi) is 6.62. The minimum atomic E-state index is -0.821. The number of aryl methyl sites for hydroxylation is 1. The number of rotatable bonds is 7. The summed E-state index contributed by atoms with van der Waals surface area (Å²) in [6.45, 7) is 6.11. The zero-order chi connectivity index (χ0) is 22.0. The van der Waals surface area contributed by atoms with Gasteiger partial charge >= 0.3 is 0 Å². The van der Waals surface area contributed by atoms with Gasteiger partial charge in [-0.3, -0.25) is 4.79 Å². The zero-order valence-electron chi connectivity index (χ0n) is 18.1. The van der Waals surface area contributed by atoms with Gasteiger partial charge in [-0.25, -0.2) is 9.97 Å². The fraction of sp³-hybridized carbons (Fsp3) is 0.435. The lowest BCUT2D eigenvalue weighted by Gasteiger charge is -2.35. The highest BCUT2D eigenvalue weighted by atomic mass is 32.2. The monoisotopic (exact) mass is 457 g/mol. The van der Waals surface area contributed by atoms with Crippen LogP contribution in [0.5, 0.6) is 5.75 Å². The maximum absolute atomic E-state index is 12.9. The van der Waals surface area contributed by atoms with Gasteiger partial charge < -0.3 is 14.7 Å². The molecule has 0 aliphatic carbocycles. The molecule has 1 aliphatic rings. The summed E-state index contributed by atoms with van der Waals surface area (Å²) >= 11 is 2.83. The largest absolute Gasteiger partial charge is 0.494 e. The lowest BCUT2D eigenvalue weighted by Crippen LogP contribution is -2.40. The van der Waals surface area contributed by atoms with E-state index in [0.29, 0.717) is 30.2 Å². The van der Waals surface area contributed by atoms with Crippen molar-refractivity contribution in [2.24, 2.45) is 0 Å². The molecule has 2 aromatic heterocycles. The van der Waals surface area contributed by atoms with E-state index in [0.717, 1.165) is 39.6 Å². The number of thiophene rings is 1. The number of hydrogen-bond donors (Lipinski definition) is 1. The molecule has 3 heterocycles. The van der Waals surface area contributed by atoms with E-state index in [1.165, 1.54) is 23.1 Å². The Labute approximate surface area is 190 Å². The van der Waals surface area contributed by atoms with E-state index < -0.39 is 5.60 Å². The van der Waals surface area contributed by atoms with Gasteiger partial charge in [0.2, 0.25) is 0 Å². The maximum Gasteiger partial charge on any atom is 0.183 e. The molecule has 4 rings (SSSR count). The molecular formula is C23H27N3O3S2. The number of thioether (sulfide) groups is 1. The molecule has 3 aromatic rings. The van der Waals surface area contributed by atoms with Crippen molar-refractivity contribution >= 4 is 39.8 Å². The number of aromatic nitrogens is 2. The van der Waals surface area contributed by atoms with Gasteiger partial charge in [-0.05, 0) is 64.1 Å². The average molecular weight is 458 g/mol. The van der Waals surface area contributed by atoms with Crippen LogP contribution in [0.15, 0.2) is 35.4 Å². The van der Waals surface area contributed by atoms with Crippen molar-refractivity contribution in [2.75, 3.05) is 32.5 Å². The van der Waals surface area contributed by atoms with Crippen molar-refractivity contribution in [3.05, 3.63) is 45.9 Å². The Hall–Kier alpha value is -2.00. The quantitative estimate of drug-likeness (QED) is 0.322. The van der Waals surface area contributed by atoms with Crippen molar-refractivity contribution < 1.29 is 14.6 Å². The number of piperidine rings is 1. The fourth-order valence-electron chi connectivity index (χ4n) is 3.73. The highest BCUT2D eigenvalue weighted by molar-refractivity contribution is 8.00. The Morgan fingerprint density at radius 3 is 2.77 bits per heavy atom. The summed E-state index contributed by atoms with van der Waals surface area (Å²) in [5.41, 5.74) is 0.0205. The smallest absolute Gasteiger partial charge is 0.183 e. The standard InChI is InChI=1S/C23H27N3O3S2/c1-4-29-16-5-6-18-17(13-16)22(25-15(2)24-18)30-14-19(27)20-7-8-21(31-20)23(28)9-11-26(3)12-10-23/h5-8,13,28H,4,9-12,14H2,1-3H3. The molecule has 1 fully saturated rings. The topological polar surface area (TPSA) is 75.5 Å². The number of likely N-dealkylation sites (tertiary alicyclic amines) is 1. The van der Waals surface area contributed by atoms with Gasteiger partial charge in [0.25, 0.3) is 0 Å². The van der Waals surface area contributed by atoms with Crippen LogP contribution < -0.4 is 4.74 Å². The summed E-state index contributed by atoms with van der Waals surface area (Å²) in [4.78, 5) is 25.7. The number of ketones is 1. The Morgan fingerprint density at radius 2 is 2.03 bits per heavy atom. The van der Waals surface area contributed by atoms with Crippen LogP contribution in [0.25, 0.3) is 10.9 Å². The van der Waals surface area contributed by atoms with E-state index in [1.54, 1.807) is 0 Å². The average Bonchev–Trinajstić information content (AvgIpc) is 3.26. The predicted molar refractivity (Wildman–Crippen MR) is 125 cm³/mol. The Morgan fingerprint density at radius 1 is 1.26 bits per heavy atom. The molecule has 0 saturated carbocycles. The van der Waals surface area contributed by atoms with Gasteiger partial charge in [0.05, 0.1) is 22.8 Å². The number of hydrogen-bond acceptors (Lipinski definition) is 8. The molecule has 0 atom stereocenters. The highest BCUT2D eigenvalue weighted by Gasteiger charge is 2.34. The molecular weight excluding hydrogens is 430 g/mol. The first kappa shape index (κ1) is 22.2. The SMILES string of the molecule is CCOc1ccc2nc(C)nc(SCC(=O)c3ccc(C4(O)CCN(C)CC4)s3)c2c1. The van der Waals surface area contributed by atoms with Crippen LogP contribution >= 0.6 is 23.1 Å². The lowest BCUT2D eigenvalue weighted by molar-refractivity contribution is -0.0172. The summed E-state index contributed by atoms with van der Waals surface area (Å²) in [6, 6.07) is 9.51. The minimum absolute atomic E-state index is 0.0446. The Bertz CT molecular complexity index is 1090. The third-order valence-corrected chi connectivity index (χ3v) is 7.86. The number of benzene rings is 1. The molecule has 6 nitrogen and oxygen atoms in total. The number of ether oxygens (including phenoxy) is 1. The molecule has 31 heavy (non-hydrogen) atoms. The number of aliphatic hydroxyl groups is 1. The number of Topliss-reactive ketones (excluding diaryl/α,β-unsaturated/α-hetero) is 1. The van der Waals surface area contributed by atoms with Gasteiger partial charge in [-0.1, -0.05) is 11.8 Å². The van der Waals surface area contributed by atoms with Crippen molar-refractivity contribution in [3.63, 3.8) is 0 Å². The number of nitrogens with zero attached hydrogens (tertiary/aromatic N) is 3. The van der Waals surface area contributed by atoms with Crippen molar-refractivity contribution in [1.29, 1.82) is 0 Å². The summed E-state index contributed by atoms with van der Waals surface area (Å²) in [5.74, 6) is 1.77. The van der Waals surface area contributed by atoms with E-state index in [-0.39, 0.29) is 11.5 Å². The second-order valence-electron chi connectivity index (χ2n) is 7.90. The van der Waals surface area contributed by atoms with Crippen molar-refractivity contribution in [2.45, 2.75) is 37.3 Å². The second kappa shape index (κ2) is 9.24. The van der Waals surface area contributed by atoms with Crippen molar-refractivity contribution in [1.82, 2.24) is 14.9 Å². The van der Waals surface area contributed by atoms with Crippen LogP contribution in [0.3, 0.4) is 0 Å². The van der Waals surface area contributed by atoms with Crippen LogP contribution in [-0.2, 0) is 5.60 Å². The molecule has 164 valence electrons. The van der Waals surface area contributed by atoms with Crippen LogP contribution in [0.4, 0.5) is 0 Å². The summed E-state index contributed by atoms with van der Waals surface area (Å²) in [6.07, 6.45) is 1.39. The lowest BCUT2D eigenvalue weighted by atomic mass is 9.90. The first-order valence-electron chi connectivity index (χ1n) is 10.5. The van der Waals surface area contributed by atoms with Gasteiger partial charge in [-0.2, -0.15) is 0 Å². The first-order valence-corrected chi connectivity index (χ1v) is 12.3. The molecule has 1 N–H and O–H groups in total. The van der Waals surface area contributed by atoms with E-state index >= 15 is 0 Å². The van der Waals surface area contributed by atoms with Crippen molar-refractivity contribution in [3.8, 4) is 5.75 Å². The molecule has 1 saturated heterocycles. The third-order valence-electron chi connectivity index (χ3n) is 5.55. The van der Waals surface area contributed by atoms with Gasteiger partial charge in [0.1, 0.15) is 22.2 Å².